The lowest BCUT2D eigenvalue weighted by Gasteiger charge is -2.43. The van der Waals surface area contributed by atoms with Crippen LogP contribution in [0.3, 0.4) is 0 Å². The Morgan fingerprint density at radius 3 is 2.81 bits per heavy atom. The molecule has 4 rings (SSSR count). The molecule has 1 aromatic carbocycles. The van der Waals surface area contributed by atoms with Gasteiger partial charge in [-0.15, -0.1) is 0 Å². The summed E-state index contributed by atoms with van der Waals surface area (Å²) in [5.74, 6) is 0.944. The fourth-order valence-corrected chi connectivity index (χ4v) is 6.01. The van der Waals surface area contributed by atoms with Gasteiger partial charge in [-0.25, -0.2) is 18.2 Å². The molecule has 3 heterocycles. The molecule has 2 aliphatic rings. The Labute approximate surface area is 152 Å². The monoisotopic (exact) mass is 377 g/mol. The van der Waals surface area contributed by atoms with Gasteiger partial charge in [-0.3, -0.25) is 4.90 Å². The van der Waals surface area contributed by atoms with Crippen LogP contribution in [-0.4, -0.2) is 77.4 Å². The van der Waals surface area contributed by atoms with Gasteiger partial charge in [-0.1, -0.05) is 12.1 Å². The number of piperazine rings is 1. The van der Waals surface area contributed by atoms with Gasteiger partial charge in [0.05, 0.1) is 35.1 Å². The number of carbonyl (C=O) groups is 1. The Balaban J connectivity index is 1.57. The SMILES string of the molecule is CCNC(=O)N1CCN(Cc2nc3ccccc3[nH]2)[C@@H]2CS(=O)(=O)C[C@@H]21. The molecule has 2 atom stereocenters. The number of amides is 2. The number of benzene rings is 1. The maximum atomic E-state index is 12.3. The van der Waals surface area contributed by atoms with Gasteiger partial charge in [0.2, 0.25) is 0 Å². The molecule has 2 aliphatic heterocycles. The fraction of sp³-hybridized carbons (Fsp3) is 0.529. The number of sulfone groups is 1. The summed E-state index contributed by atoms with van der Waals surface area (Å²) in [7, 11) is -3.15. The number of aromatic amines is 1. The topological polar surface area (TPSA) is 98.4 Å². The van der Waals surface area contributed by atoms with Crippen LogP contribution in [0.25, 0.3) is 11.0 Å². The molecule has 0 bridgehead atoms. The lowest BCUT2D eigenvalue weighted by atomic mass is 10.1. The van der Waals surface area contributed by atoms with E-state index in [9.17, 15) is 13.2 Å². The maximum Gasteiger partial charge on any atom is 0.317 e. The summed E-state index contributed by atoms with van der Waals surface area (Å²) < 4.78 is 24.5. The van der Waals surface area contributed by atoms with Crippen molar-refractivity contribution in [1.29, 1.82) is 0 Å². The van der Waals surface area contributed by atoms with Crippen LogP contribution in [0.5, 0.6) is 0 Å². The van der Waals surface area contributed by atoms with E-state index >= 15 is 0 Å². The van der Waals surface area contributed by atoms with Crippen molar-refractivity contribution in [2.75, 3.05) is 31.1 Å². The number of hydrogen-bond acceptors (Lipinski definition) is 5. The average Bonchev–Trinajstić information content (AvgIpc) is 3.14. The lowest BCUT2D eigenvalue weighted by Crippen LogP contribution is -2.62. The first-order valence-corrected chi connectivity index (χ1v) is 10.7. The van der Waals surface area contributed by atoms with E-state index in [0.717, 1.165) is 16.9 Å². The quantitative estimate of drug-likeness (QED) is 0.815. The van der Waals surface area contributed by atoms with Crippen molar-refractivity contribution < 1.29 is 13.2 Å². The molecule has 0 saturated carbocycles. The highest BCUT2D eigenvalue weighted by Gasteiger charge is 2.48. The van der Waals surface area contributed by atoms with Gasteiger partial charge in [0.25, 0.3) is 0 Å². The Bertz CT molecular complexity index is 892. The van der Waals surface area contributed by atoms with Crippen molar-refractivity contribution in [1.82, 2.24) is 25.1 Å². The van der Waals surface area contributed by atoms with E-state index in [0.29, 0.717) is 26.2 Å². The van der Waals surface area contributed by atoms with Gasteiger partial charge >= 0.3 is 6.03 Å². The van der Waals surface area contributed by atoms with E-state index < -0.39 is 9.84 Å². The molecular formula is C17H23N5O3S. The second-order valence-electron chi connectivity index (χ2n) is 6.91. The molecule has 8 nitrogen and oxygen atoms in total. The summed E-state index contributed by atoms with van der Waals surface area (Å²) in [6, 6.07) is 7.15. The summed E-state index contributed by atoms with van der Waals surface area (Å²) in [6.45, 7) is 4.09. The van der Waals surface area contributed by atoms with Crippen molar-refractivity contribution in [2.45, 2.75) is 25.6 Å². The zero-order chi connectivity index (χ0) is 18.3. The number of para-hydroxylation sites is 2. The summed E-state index contributed by atoms with van der Waals surface area (Å²) in [5, 5.41) is 2.79. The summed E-state index contributed by atoms with van der Waals surface area (Å²) in [6.07, 6.45) is 0. The van der Waals surface area contributed by atoms with E-state index in [2.05, 4.69) is 20.2 Å². The van der Waals surface area contributed by atoms with Gasteiger partial charge in [0.15, 0.2) is 9.84 Å². The molecule has 9 heteroatoms. The van der Waals surface area contributed by atoms with E-state index in [-0.39, 0.29) is 29.6 Å². The van der Waals surface area contributed by atoms with Gasteiger partial charge < -0.3 is 15.2 Å². The van der Waals surface area contributed by atoms with Crippen molar-refractivity contribution in [2.24, 2.45) is 0 Å². The van der Waals surface area contributed by atoms with Crippen LogP contribution >= 0.6 is 0 Å². The number of urea groups is 1. The van der Waals surface area contributed by atoms with E-state index in [4.69, 9.17) is 0 Å². The van der Waals surface area contributed by atoms with Gasteiger partial charge in [-0.2, -0.15) is 0 Å². The molecule has 2 aromatic rings. The zero-order valence-corrected chi connectivity index (χ0v) is 15.5. The van der Waals surface area contributed by atoms with Crippen molar-refractivity contribution >= 4 is 26.9 Å². The third-order valence-electron chi connectivity index (χ3n) is 5.17. The summed E-state index contributed by atoms with van der Waals surface area (Å²) in [4.78, 5) is 24.1. The normalized spacial score (nSPS) is 25.3. The number of nitrogens with one attached hydrogen (secondary N) is 2. The Hall–Kier alpha value is -2.13. The van der Waals surface area contributed by atoms with Crippen LogP contribution in [0.1, 0.15) is 12.7 Å². The molecule has 2 saturated heterocycles. The van der Waals surface area contributed by atoms with Crippen LogP contribution in [0.2, 0.25) is 0 Å². The highest BCUT2D eigenvalue weighted by atomic mass is 32.2. The first kappa shape index (κ1) is 17.3. The molecule has 0 aliphatic carbocycles. The highest BCUT2D eigenvalue weighted by Crippen LogP contribution is 2.28. The second kappa shape index (κ2) is 6.55. The van der Waals surface area contributed by atoms with Crippen molar-refractivity contribution in [3.8, 4) is 0 Å². The first-order valence-electron chi connectivity index (χ1n) is 8.89. The van der Waals surface area contributed by atoms with Crippen LogP contribution in [0, 0.1) is 0 Å². The Kier molecular flexibility index (Phi) is 4.36. The summed E-state index contributed by atoms with van der Waals surface area (Å²) in [5.41, 5.74) is 1.87. The van der Waals surface area contributed by atoms with Gasteiger partial charge in [0.1, 0.15) is 5.82 Å². The second-order valence-corrected chi connectivity index (χ2v) is 9.07. The standard InChI is InChI=1S/C17H23N5O3S/c1-2-18-17(23)22-8-7-21(14-10-26(24,25)11-15(14)22)9-16-19-12-5-3-4-6-13(12)20-16/h3-6,14-15H,2,7-11H2,1H3,(H,18,23)(H,19,20)/t14-,15+/m1/s1. The van der Waals surface area contributed by atoms with E-state index in [1.54, 1.807) is 4.90 Å². The molecular weight excluding hydrogens is 354 g/mol. The molecule has 0 spiro atoms. The van der Waals surface area contributed by atoms with Crippen LogP contribution < -0.4 is 5.32 Å². The third-order valence-corrected chi connectivity index (χ3v) is 6.87. The molecule has 0 unspecified atom stereocenters. The largest absolute Gasteiger partial charge is 0.341 e. The number of H-pyrrole nitrogens is 1. The lowest BCUT2D eigenvalue weighted by molar-refractivity contribution is 0.0594. The van der Waals surface area contributed by atoms with Crippen LogP contribution in [0.4, 0.5) is 4.79 Å². The van der Waals surface area contributed by atoms with Crippen LogP contribution in [-0.2, 0) is 16.4 Å². The van der Waals surface area contributed by atoms with E-state index in [1.807, 2.05) is 31.2 Å². The first-order chi connectivity index (χ1) is 12.5. The number of hydrogen-bond donors (Lipinski definition) is 2. The number of rotatable bonds is 3. The minimum absolute atomic E-state index is 0.0332. The average molecular weight is 377 g/mol. The van der Waals surface area contributed by atoms with Gasteiger partial charge in [-0.05, 0) is 19.1 Å². The number of aromatic nitrogens is 2. The number of nitrogens with zero attached hydrogens (tertiary/aromatic N) is 3. The molecule has 2 N–H and O–H groups in total. The zero-order valence-electron chi connectivity index (χ0n) is 14.7. The minimum Gasteiger partial charge on any atom is -0.341 e. The smallest absolute Gasteiger partial charge is 0.317 e. The minimum atomic E-state index is -3.15. The fourth-order valence-electron chi connectivity index (χ4n) is 4.00. The molecule has 2 amide bonds. The van der Waals surface area contributed by atoms with Crippen molar-refractivity contribution in [3.63, 3.8) is 0 Å². The number of imidazole rings is 1. The number of carbonyl (C=O) groups excluding carboxylic acids is 1. The van der Waals surface area contributed by atoms with Gasteiger partial charge in [0, 0.05) is 25.7 Å². The third kappa shape index (κ3) is 3.16. The molecule has 1 aromatic heterocycles. The predicted molar refractivity (Wildman–Crippen MR) is 98.5 cm³/mol. The number of fused-ring (bicyclic) bond motifs is 2. The van der Waals surface area contributed by atoms with Crippen molar-refractivity contribution in [3.05, 3.63) is 30.1 Å². The molecule has 26 heavy (non-hydrogen) atoms. The maximum absolute atomic E-state index is 12.3. The molecule has 140 valence electrons. The van der Waals surface area contributed by atoms with Crippen LogP contribution in [0.15, 0.2) is 24.3 Å². The highest BCUT2D eigenvalue weighted by molar-refractivity contribution is 7.91. The predicted octanol–water partition coefficient (Wildman–Crippen LogP) is 0.576. The summed E-state index contributed by atoms with van der Waals surface area (Å²) >= 11 is 0. The molecule has 2 fully saturated rings. The molecule has 0 radical (unpaired) electrons. The Morgan fingerprint density at radius 1 is 1.27 bits per heavy atom. The van der Waals surface area contributed by atoms with E-state index in [1.165, 1.54) is 0 Å². The Morgan fingerprint density at radius 2 is 2.04 bits per heavy atom.